The molecule has 0 aliphatic heterocycles. The highest BCUT2D eigenvalue weighted by molar-refractivity contribution is 5.52. The molecule has 2 atom stereocenters. The molecule has 0 radical (unpaired) electrons. The summed E-state index contributed by atoms with van der Waals surface area (Å²) in [7, 11) is 2.90. The SMILES string of the molecule is COc1cc(CCC(CC(O)CCc2cc(OC)c(O)c(OCO)c2)OCO)ccc1O. The van der Waals surface area contributed by atoms with Crippen LogP contribution in [0.1, 0.15) is 30.4 Å². The first kappa shape index (κ1) is 25.5. The van der Waals surface area contributed by atoms with Gasteiger partial charge < -0.3 is 44.5 Å². The van der Waals surface area contributed by atoms with E-state index in [4.69, 9.17) is 24.1 Å². The van der Waals surface area contributed by atoms with E-state index in [1.165, 1.54) is 14.2 Å². The Morgan fingerprint density at radius 2 is 1.47 bits per heavy atom. The lowest BCUT2D eigenvalue weighted by molar-refractivity contribution is -0.0690. The van der Waals surface area contributed by atoms with Crippen molar-refractivity contribution < 1.29 is 44.5 Å². The minimum atomic E-state index is -0.692. The topological polar surface area (TPSA) is 138 Å². The molecule has 0 aliphatic carbocycles. The first-order valence-electron chi connectivity index (χ1n) is 10.3. The zero-order chi connectivity index (χ0) is 23.5. The second-order valence-corrected chi connectivity index (χ2v) is 7.31. The maximum Gasteiger partial charge on any atom is 0.200 e. The smallest absolute Gasteiger partial charge is 0.200 e. The van der Waals surface area contributed by atoms with Crippen LogP contribution in [0.4, 0.5) is 0 Å². The van der Waals surface area contributed by atoms with Crippen LogP contribution in [0.3, 0.4) is 0 Å². The van der Waals surface area contributed by atoms with E-state index in [0.29, 0.717) is 37.9 Å². The molecule has 9 heteroatoms. The van der Waals surface area contributed by atoms with Crippen LogP contribution in [0.15, 0.2) is 30.3 Å². The summed E-state index contributed by atoms with van der Waals surface area (Å²) in [5.41, 5.74) is 1.70. The number of hydrogen-bond acceptors (Lipinski definition) is 9. The number of rotatable bonds is 14. The lowest BCUT2D eigenvalue weighted by Crippen LogP contribution is -2.22. The molecule has 0 heterocycles. The second-order valence-electron chi connectivity index (χ2n) is 7.31. The Morgan fingerprint density at radius 3 is 2.12 bits per heavy atom. The molecule has 0 bridgehead atoms. The summed E-state index contributed by atoms with van der Waals surface area (Å²) in [6.45, 7) is -1.04. The van der Waals surface area contributed by atoms with E-state index in [1.54, 1.807) is 30.3 Å². The van der Waals surface area contributed by atoms with Crippen molar-refractivity contribution in [3.63, 3.8) is 0 Å². The van der Waals surface area contributed by atoms with Crippen molar-refractivity contribution in [3.8, 4) is 28.7 Å². The average molecular weight is 453 g/mol. The predicted octanol–water partition coefficient (Wildman–Crippen LogP) is 2.10. The number of phenols is 2. The Balaban J connectivity index is 1.94. The van der Waals surface area contributed by atoms with E-state index in [-0.39, 0.29) is 29.1 Å². The summed E-state index contributed by atoms with van der Waals surface area (Å²) in [6.07, 6.45) is 1.33. The number of methoxy groups -OCH3 is 2. The number of ether oxygens (including phenoxy) is 4. The molecule has 2 rings (SSSR count). The van der Waals surface area contributed by atoms with Gasteiger partial charge in [0.1, 0.15) is 6.79 Å². The highest BCUT2D eigenvalue weighted by atomic mass is 16.6. The predicted molar refractivity (Wildman–Crippen MR) is 116 cm³/mol. The van der Waals surface area contributed by atoms with Crippen LogP contribution >= 0.6 is 0 Å². The van der Waals surface area contributed by atoms with Crippen molar-refractivity contribution in [2.45, 2.75) is 44.3 Å². The van der Waals surface area contributed by atoms with Crippen molar-refractivity contribution in [2.75, 3.05) is 27.8 Å². The zero-order valence-electron chi connectivity index (χ0n) is 18.4. The molecular formula is C23H32O9. The maximum atomic E-state index is 10.5. The third kappa shape index (κ3) is 7.45. The normalized spacial score (nSPS) is 12.9. The summed E-state index contributed by atoms with van der Waals surface area (Å²) < 4.78 is 20.6. The summed E-state index contributed by atoms with van der Waals surface area (Å²) in [4.78, 5) is 0. The van der Waals surface area contributed by atoms with Crippen LogP contribution in [0.25, 0.3) is 0 Å². The number of benzene rings is 2. The van der Waals surface area contributed by atoms with Crippen LogP contribution < -0.4 is 14.2 Å². The number of phenolic OH excluding ortho intramolecular Hbond substituents is 2. The molecule has 0 saturated heterocycles. The van der Waals surface area contributed by atoms with Crippen LogP contribution in [0.5, 0.6) is 28.7 Å². The Hall–Kier alpha value is -2.72. The maximum absolute atomic E-state index is 10.5. The highest BCUT2D eigenvalue weighted by Gasteiger charge is 2.17. The Labute approximate surface area is 187 Å². The standard InChI is InChI=1S/C23H32O9/c1-29-20-9-15(5-8-19(20)27)4-7-18(31-13-24)12-17(26)6-3-16-10-21(30-2)23(28)22(11-16)32-14-25/h5,8-11,17-18,24-28H,3-4,6-7,12-14H2,1-2H3. The molecule has 0 amide bonds. The molecule has 2 aromatic carbocycles. The monoisotopic (exact) mass is 452 g/mol. The zero-order valence-corrected chi connectivity index (χ0v) is 18.4. The molecule has 32 heavy (non-hydrogen) atoms. The quantitative estimate of drug-likeness (QED) is 0.273. The molecule has 0 aromatic heterocycles. The molecule has 2 aromatic rings. The Morgan fingerprint density at radius 1 is 0.812 bits per heavy atom. The highest BCUT2D eigenvalue weighted by Crippen LogP contribution is 2.37. The number of aliphatic hydroxyl groups excluding tert-OH is 3. The molecule has 5 N–H and O–H groups in total. The van der Waals surface area contributed by atoms with Crippen molar-refractivity contribution >= 4 is 0 Å². The average Bonchev–Trinajstić information content (AvgIpc) is 2.79. The van der Waals surface area contributed by atoms with Crippen LogP contribution in [-0.4, -0.2) is 65.5 Å². The van der Waals surface area contributed by atoms with E-state index in [1.807, 2.05) is 0 Å². The Bertz CT molecular complexity index is 840. The fourth-order valence-corrected chi connectivity index (χ4v) is 3.45. The number of aliphatic hydroxyl groups is 3. The van der Waals surface area contributed by atoms with Gasteiger partial charge in [0, 0.05) is 0 Å². The minimum absolute atomic E-state index is 0.0632. The van der Waals surface area contributed by atoms with Crippen molar-refractivity contribution in [1.29, 1.82) is 0 Å². The minimum Gasteiger partial charge on any atom is -0.504 e. The Kier molecular flexibility index (Phi) is 10.4. The summed E-state index contributed by atoms with van der Waals surface area (Å²) in [5, 5.41) is 48.4. The molecule has 0 aliphatic rings. The summed E-state index contributed by atoms with van der Waals surface area (Å²) >= 11 is 0. The first-order valence-corrected chi connectivity index (χ1v) is 10.3. The van der Waals surface area contributed by atoms with Gasteiger partial charge in [-0.2, -0.15) is 0 Å². The van der Waals surface area contributed by atoms with Gasteiger partial charge in [-0.15, -0.1) is 0 Å². The lowest BCUT2D eigenvalue weighted by atomic mass is 9.98. The van der Waals surface area contributed by atoms with E-state index < -0.39 is 19.7 Å². The van der Waals surface area contributed by atoms with Gasteiger partial charge in [-0.25, -0.2) is 0 Å². The molecule has 2 unspecified atom stereocenters. The van der Waals surface area contributed by atoms with Crippen molar-refractivity contribution in [1.82, 2.24) is 0 Å². The van der Waals surface area contributed by atoms with Crippen molar-refractivity contribution in [2.24, 2.45) is 0 Å². The molecule has 0 spiro atoms. The number of hydrogen-bond donors (Lipinski definition) is 5. The molecule has 178 valence electrons. The second kappa shape index (κ2) is 13.0. The first-order chi connectivity index (χ1) is 15.4. The third-order valence-corrected chi connectivity index (χ3v) is 5.15. The van der Waals surface area contributed by atoms with Gasteiger partial charge in [0.05, 0.1) is 26.4 Å². The largest absolute Gasteiger partial charge is 0.504 e. The summed E-state index contributed by atoms with van der Waals surface area (Å²) in [5.74, 6) is 0.561. The number of aromatic hydroxyl groups is 2. The molecule has 0 fully saturated rings. The van der Waals surface area contributed by atoms with Crippen molar-refractivity contribution in [3.05, 3.63) is 41.5 Å². The van der Waals surface area contributed by atoms with Gasteiger partial charge in [-0.05, 0) is 67.5 Å². The van der Waals surface area contributed by atoms with Gasteiger partial charge in [-0.1, -0.05) is 6.07 Å². The van der Waals surface area contributed by atoms with Gasteiger partial charge >= 0.3 is 0 Å². The van der Waals surface area contributed by atoms with E-state index in [9.17, 15) is 20.4 Å². The van der Waals surface area contributed by atoms with Crippen LogP contribution in [0.2, 0.25) is 0 Å². The third-order valence-electron chi connectivity index (χ3n) is 5.15. The van der Waals surface area contributed by atoms with E-state index in [2.05, 4.69) is 0 Å². The van der Waals surface area contributed by atoms with Gasteiger partial charge in [0.2, 0.25) is 5.75 Å². The fraction of sp³-hybridized carbons (Fsp3) is 0.478. The van der Waals surface area contributed by atoms with Gasteiger partial charge in [-0.3, -0.25) is 0 Å². The van der Waals surface area contributed by atoms with E-state index >= 15 is 0 Å². The van der Waals surface area contributed by atoms with Crippen LogP contribution in [0, 0.1) is 0 Å². The molecular weight excluding hydrogens is 420 g/mol. The lowest BCUT2D eigenvalue weighted by Gasteiger charge is -2.20. The van der Waals surface area contributed by atoms with E-state index in [0.717, 1.165) is 11.1 Å². The molecule has 0 saturated carbocycles. The fourth-order valence-electron chi connectivity index (χ4n) is 3.45. The summed E-state index contributed by atoms with van der Waals surface area (Å²) in [6, 6.07) is 8.32. The number of aryl methyl sites for hydroxylation is 2. The van der Waals surface area contributed by atoms with Gasteiger partial charge in [0.15, 0.2) is 29.8 Å². The molecule has 9 nitrogen and oxygen atoms in total. The van der Waals surface area contributed by atoms with Gasteiger partial charge in [0.25, 0.3) is 0 Å². The van der Waals surface area contributed by atoms with Crippen LogP contribution in [-0.2, 0) is 17.6 Å².